The Kier molecular flexibility index (Phi) is 12.0. The summed E-state index contributed by atoms with van der Waals surface area (Å²) >= 11 is -1.65. The summed E-state index contributed by atoms with van der Waals surface area (Å²) in [6.45, 7) is 10.5. The predicted molar refractivity (Wildman–Crippen MR) is 201 cm³/mol. The highest BCUT2D eigenvalue weighted by Crippen LogP contribution is 2.43. The number of halogens is 4. The lowest BCUT2D eigenvalue weighted by atomic mass is 9.79. The van der Waals surface area contributed by atoms with Crippen LogP contribution < -0.4 is 15.4 Å². The molecule has 0 unspecified atom stereocenters. The second-order valence-corrected chi connectivity index (χ2v) is 17.5. The van der Waals surface area contributed by atoms with Crippen LogP contribution in [0, 0.1) is 23.1 Å². The molecule has 0 aliphatic heterocycles. The van der Waals surface area contributed by atoms with Crippen LogP contribution >= 0.6 is 0 Å². The first-order valence-corrected chi connectivity index (χ1v) is 18.9. The lowest BCUT2D eigenvalue weighted by molar-refractivity contribution is -0.141. The molecule has 1 aromatic heterocycles. The molecule has 1 saturated carbocycles. The second-order valence-electron chi connectivity index (χ2n) is 15.6. The Morgan fingerprint density at radius 3 is 2.25 bits per heavy atom. The smallest absolute Gasteiger partial charge is 0.435 e. The summed E-state index contributed by atoms with van der Waals surface area (Å²) in [5.41, 5.74) is -2.08. The fourth-order valence-corrected chi connectivity index (χ4v) is 6.79. The Balaban J connectivity index is 1.54. The number of hydrogen-bond donors (Lipinski definition) is 3. The molecule has 2 amide bonds. The van der Waals surface area contributed by atoms with Crippen LogP contribution in [0.2, 0.25) is 0 Å². The monoisotopic (exact) mass is 780 g/mol. The van der Waals surface area contributed by atoms with Gasteiger partial charge in [0.2, 0.25) is 0 Å². The van der Waals surface area contributed by atoms with Gasteiger partial charge in [-0.3, -0.25) is 4.79 Å². The van der Waals surface area contributed by atoms with Gasteiger partial charge in [0.1, 0.15) is 27.4 Å². The number of anilines is 1. The summed E-state index contributed by atoms with van der Waals surface area (Å²) in [7, 11) is 0. The van der Waals surface area contributed by atoms with Crippen LogP contribution in [-0.2, 0) is 34.4 Å². The van der Waals surface area contributed by atoms with E-state index in [1.165, 1.54) is 30.3 Å². The summed E-state index contributed by atoms with van der Waals surface area (Å²) in [5, 5.41) is 18.2. The fraction of sp³-hybridized carbons (Fsp3) is 0.400. The van der Waals surface area contributed by atoms with Crippen LogP contribution in [0.4, 0.5) is 28.0 Å². The number of aromatic nitrogens is 2. The van der Waals surface area contributed by atoms with E-state index in [1.54, 1.807) is 51.1 Å². The summed E-state index contributed by atoms with van der Waals surface area (Å²) < 4.78 is 80.2. The maximum Gasteiger partial charge on any atom is 0.435 e. The van der Waals surface area contributed by atoms with Crippen molar-refractivity contribution in [3.8, 4) is 11.8 Å². The molecule has 0 radical (unpaired) electrons. The molecule has 3 aromatic carbocycles. The average molecular weight is 781 g/mol. The molecule has 4 aromatic rings. The molecular formula is C40H44F4N6O4S. The first-order chi connectivity index (χ1) is 25.7. The number of alkyl halides is 3. The van der Waals surface area contributed by atoms with E-state index in [1.807, 2.05) is 20.8 Å². The van der Waals surface area contributed by atoms with Gasteiger partial charge in [0, 0.05) is 24.0 Å². The van der Waals surface area contributed by atoms with E-state index in [-0.39, 0.29) is 17.9 Å². The van der Waals surface area contributed by atoms with Crippen molar-refractivity contribution in [3.63, 3.8) is 0 Å². The minimum absolute atomic E-state index is 0.0363. The van der Waals surface area contributed by atoms with E-state index in [2.05, 4.69) is 26.5 Å². The molecule has 1 aliphatic carbocycles. The molecule has 1 heterocycles. The molecule has 3 N–H and O–H groups in total. The van der Waals surface area contributed by atoms with Gasteiger partial charge >= 0.3 is 12.3 Å². The molecule has 5 rings (SSSR count). The summed E-state index contributed by atoms with van der Waals surface area (Å²) in [6, 6.07) is 19.5. The van der Waals surface area contributed by atoms with Crippen molar-refractivity contribution in [1.82, 2.24) is 19.8 Å². The number of nitrogens with one attached hydrogen (secondary N) is 3. The van der Waals surface area contributed by atoms with Crippen LogP contribution in [-0.4, -0.2) is 36.7 Å². The number of ether oxygens (including phenoxy) is 1. The second kappa shape index (κ2) is 16.1. The maximum absolute atomic E-state index is 15.7. The van der Waals surface area contributed by atoms with Crippen molar-refractivity contribution in [2.75, 3.05) is 5.32 Å². The molecule has 0 spiro atoms. The highest BCUT2D eigenvalue weighted by molar-refractivity contribution is 7.90. The van der Waals surface area contributed by atoms with Gasteiger partial charge in [-0.15, -0.1) is 4.72 Å². The number of hydrogen-bond acceptors (Lipinski definition) is 7. The van der Waals surface area contributed by atoms with Crippen LogP contribution in [0.1, 0.15) is 106 Å². The summed E-state index contributed by atoms with van der Waals surface area (Å²) in [5.74, 6) is -1.50. The summed E-state index contributed by atoms with van der Waals surface area (Å²) in [6.07, 6.45) is -2.38. The van der Waals surface area contributed by atoms with E-state index in [0.717, 1.165) is 30.0 Å². The molecule has 55 heavy (non-hydrogen) atoms. The number of carbonyl (C=O) groups excluding carboxylic acids is 2. The van der Waals surface area contributed by atoms with Crippen LogP contribution in [0.25, 0.3) is 5.69 Å². The largest absolute Gasteiger partial charge is 0.598 e. The highest BCUT2D eigenvalue weighted by atomic mass is 32.2. The third-order valence-electron chi connectivity index (χ3n) is 8.89. The van der Waals surface area contributed by atoms with Gasteiger partial charge in [0.25, 0.3) is 5.91 Å². The molecule has 0 bridgehead atoms. The van der Waals surface area contributed by atoms with E-state index in [4.69, 9.17) is 4.74 Å². The highest BCUT2D eigenvalue weighted by Gasteiger charge is 2.44. The number of carbonyl (C=O) groups is 2. The van der Waals surface area contributed by atoms with Crippen molar-refractivity contribution in [2.24, 2.45) is 5.92 Å². The zero-order chi connectivity index (χ0) is 40.3. The van der Waals surface area contributed by atoms with Gasteiger partial charge in [-0.05, 0) is 113 Å². The molecule has 15 heteroatoms. The molecule has 2 atom stereocenters. The van der Waals surface area contributed by atoms with Crippen molar-refractivity contribution in [3.05, 3.63) is 112 Å². The minimum Gasteiger partial charge on any atom is -0.598 e. The normalized spacial score (nSPS) is 15.1. The summed E-state index contributed by atoms with van der Waals surface area (Å²) in [4.78, 5) is 26.1. The molecule has 1 aliphatic rings. The van der Waals surface area contributed by atoms with Crippen molar-refractivity contribution in [1.29, 1.82) is 5.26 Å². The van der Waals surface area contributed by atoms with Crippen LogP contribution in [0.15, 0.2) is 72.8 Å². The van der Waals surface area contributed by atoms with E-state index < -0.39 is 62.6 Å². The lowest BCUT2D eigenvalue weighted by Crippen LogP contribution is -2.52. The van der Waals surface area contributed by atoms with Gasteiger partial charge in [0.15, 0.2) is 5.69 Å². The van der Waals surface area contributed by atoms with E-state index in [9.17, 15) is 32.6 Å². The van der Waals surface area contributed by atoms with Gasteiger partial charge in [0.05, 0.1) is 23.0 Å². The number of rotatable bonds is 12. The lowest BCUT2D eigenvalue weighted by Gasteiger charge is -2.39. The quantitative estimate of drug-likeness (QED) is 0.0964. The average Bonchev–Trinajstić information content (AvgIpc) is 3.82. The SMILES string of the molecule is CC(C)(C)OC(=O)NCc1cccc(-n2nc(C(F)(F)F)cc2C(=O)Nc2cc([C@@](CCC3CC3)(N[S@@+]([O-])C(C)(C)C)c3ccc(C#N)cc3)ccc2F)c1. The number of amides is 2. The Morgan fingerprint density at radius 2 is 1.65 bits per heavy atom. The van der Waals surface area contributed by atoms with Crippen LogP contribution in [0.5, 0.6) is 0 Å². The zero-order valence-corrected chi connectivity index (χ0v) is 32.3. The zero-order valence-electron chi connectivity index (χ0n) is 31.4. The molecule has 1 fully saturated rings. The van der Waals surface area contributed by atoms with Crippen LogP contribution in [0.3, 0.4) is 0 Å². The number of nitrogens with zero attached hydrogens (tertiary/aromatic N) is 3. The fourth-order valence-electron chi connectivity index (χ4n) is 5.83. The maximum atomic E-state index is 15.7. The Morgan fingerprint density at radius 1 is 0.982 bits per heavy atom. The van der Waals surface area contributed by atoms with Gasteiger partial charge in [-0.1, -0.05) is 43.2 Å². The molecule has 0 saturated heterocycles. The number of alkyl carbamates (subject to hydrolysis) is 1. The first-order valence-electron chi connectivity index (χ1n) is 17.7. The van der Waals surface area contributed by atoms with Gasteiger partial charge < -0.3 is 19.9 Å². The molecule has 292 valence electrons. The topological polar surface area (TPSA) is 144 Å². The Bertz CT molecular complexity index is 2060. The van der Waals surface area contributed by atoms with Crippen molar-refractivity contribution < 1.29 is 36.4 Å². The number of benzene rings is 3. The Hall–Kier alpha value is -4.91. The molecular weight excluding hydrogens is 737 g/mol. The minimum atomic E-state index is -4.92. The molecule has 10 nitrogen and oxygen atoms in total. The third kappa shape index (κ3) is 10.4. The standard InChI is InChI=1S/C40H44F4N6O4S/c1-37(2,3)54-36(52)46-24-27-8-7-9-30(20-27)50-33(22-34(48-50)40(42,43)44)35(51)47-32-21-29(16-17-31(32)41)39(19-18-25-10-11-25,49-55(53)38(4,5)6)28-14-12-26(23-45)13-15-28/h7-9,12-17,20-22,25,49H,10-11,18-19,24H2,1-6H3,(H,46,52)(H,47,51)/t39-,55-/m0/s1. The Labute approximate surface area is 321 Å². The van der Waals surface area contributed by atoms with Gasteiger partial charge in [-0.25, -0.2) is 13.9 Å². The van der Waals surface area contributed by atoms with E-state index in [0.29, 0.717) is 40.7 Å². The predicted octanol–water partition coefficient (Wildman–Crippen LogP) is 8.66. The third-order valence-corrected chi connectivity index (χ3v) is 10.5. The first kappa shape index (κ1) is 41.3. The van der Waals surface area contributed by atoms with Gasteiger partial charge in [-0.2, -0.15) is 23.5 Å². The van der Waals surface area contributed by atoms with Crippen molar-refractivity contribution >= 4 is 29.0 Å². The van der Waals surface area contributed by atoms with Crippen molar-refractivity contribution in [2.45, 2.75) is 95.8 Å². The number of nitriles is 1. The van der Waals surface area contributed by atoms with E-state index >= 15 is 4.39 Å².